The minimum atomic E-state index is -0.822. The van der Waals surface area contributed by atoms with E-state index in [1.807, 2.05) is 45.9 Å². The highest BCUT2D eigenvalue weighted by atomic mass is 16.6. The first-order valence-corrected chi connectivity index (χ1v) is 15.0. The van der Waals surface area contributed by atoms with Crippen molar-refractivity contribution in [3.8, 4) is 0 Å². The highest BCUT2D eigenvalue weighted by Gasteiger charge is 2.37. The summed E-state index contributed by atoms with van der Waals surface area (Å²) in [5, 5.41) is 5.90. The van der Waals surface area contributed by atoms with Gasteiger partial charge in [-0.25, -0.2) is 4.79 Å². The fraction of sp³-hybridized carbons (Fsp3) is 0.719. The van der Waals surface area contributed by atoms with Crippen LogP contribution in [0.1, 0.15) is 123 Å². The molecule has 7 nitrogen and oxygen atoms in total. The molecule has 2 N–H and O–H groups in total. The number of hydrogen-bond donors (Lipinski definition) is 2. The SMILES string of the molecule is CCCCCCCN(C(=O)C(NC(=O)OC(C)(C)C)C(C)C)C(C(=O)NCCCCC)c1ccc(C)c(C)c1. The molecule has 2 atom stereocenters. The Morgan fingerprint density at radius 1 is 0.897 bits per heavy atom. The molecule has 0 aliphatic rings. The number of rotatable bonds is 16. The number of carbonyl (C=O) groups excluding carboxylic acids is 3. The van der Waals surface area contributed by atoms with Crippen molar-refractivity contribution < 1.29 is 19.1 Å². The van der Waals surface area contributed by atoms with Gasteiger partial charge in [-0.3, -0.25) is 9.59 Å². The molecule has 0 spiro atoms. The molecule has 0 aromatic heterocycles. The van der Waals surface area contributed by atoms with Crippen molar-refractivity contribution in [2.45, 2.75) is 131 Å². The van der Waals surface area contributed by atoms with E-state index in [-0.39, 0.29) is 17.7 Å². The van der Waals surface area contributed by atoms with Crippen LogP contribution in [0.4, 0.5) is 4.79 Å². The van der Waals surface area contributed by atoms with Gasteiger partial charge in [0, 0.05) is 13.1 Å². The van der Waals surface area contributed by atoms with E-state index in [1.54, 1.807) is 25.7 Å². The number of unbranched alkanes of at least 4 members (excludes halogenated alkanes) is 6. The van der Waals surface area contributed by atoms with Crippen LogP contribution in [0, 0.1) is 19.8 Å². The van der Waals surface area contributed by atoms with Crippen molar-refractivity contribution in [3.05, 3.63) is 34.9 Å². The normalized spacial score (nSPS) is 13.1. The molecule has 0 aliphatic heterocycles. The van der Waals surface area contributed by atoms with Gasteiger partial charge in [0.2, 0.25) is 11.8 Å². The summed E-state index contributed by atoms with van der Waals surface area (Å²) in [5.74, 6) is -0.644. The molecule has 39 heavy (non-hydrogen) atoms. The average Bonchev–Trinajstić information content (AvgIpc) is 2.84. The fourth-order valence-corrected chi connectivity index (χ4v) is 4.47. The van der Waals surface area contributed by atoms with Crippen LogP contribution < -0.4 is 10.6 Å². The van der Waals surface area contributed by atoms with Crippen LogP contribution in [0.5, 0.6) is 0 Å². The number of hydrogen-bond acceptors (Lipinski definition) is 4. The molecule has 0 bridgehead atoms. The Balaban J connectivity index is 3.44. The maximum absolute atomic E-state index is 14.2. The summed E-state index contributed by atoms with van der Waals surface area (Å²) in [6.07, 6.45) is 7.46. The van der Waals surface area contributed by atoms with E-state index in [0.717, 1.165) is 68.1 Å². The van der Waals surface area contributed by atoms with E-state index in [2.05, 4.69) is 24.5 Å². The van der Waals surface area contributed by atoms with Crippen molar-refractivity contribution in [1.29, 1.82) is 0 Å². The second-order valence-corrected chi connectivity index (χ2v) is 12.1. The van der Waals surface area contributed by atoms with Gasteiger partial charge in [0.1, 0.15) is 17.7 Å². The zero-order valence-corrected chi connectivity index (χ0v) is 26.1. The first-order valence-electron chi connectivity index (χ1n) is 15.0. The number of benzene rings is 1. The van der Waals surface area contributed by atoms with Crippen LogP contribution >= 0.6 is 0 Å². The lowest BCUT2D eigenvalue weighted by Crippen LogP contribution is -2.55. The lowest BCUT2D eigenvalue weighted by atomic mass is 9.96. The minimum absolute atomic E-state index is 0.184. The summed E-state index contributed by atoms with van der Waals surface area (Å²) in [5.41, 5.74) is 2.30. The fourth-order valence-electron chi connectivity index (χ4n) is 4.47. The van der Waals surface area contributed by atoms with Crippen molar-refractivity contribution in [3.63, 3.8) is 0 Å². The second-order valence-electron chi connectivity index (χ2n) is 12.1. The van der Waals surface area contributed by atoms with Gasteiger partial charge in [-0.1, -0.05) is 84.4 Å². The first kappa shape index (κ1) is 34.5. The van der Waals surface area contributed by atoms with E-state index in [1.165, 1.54) is 0 Å². The number of carbonyl (C=O) groups is 3. The highest BCUT2D eigenvalue weighted by molar-refractivity contribution is 5.92. The monoisotopic (exact) mass is 545 g/mol. The van der Waals surface area contributed by atoms with Crippen molar-refractivity contribution >= 4 is 17.9 Å². The van der Waals surface area contributed by atoms with Crippen molar-refractivity contribution in [1.82, 2.24) is 15.5 Å². The van der Waals surface area contributed by atoms with Gasteiger partial charge in [0.05, 0.1) is 0 Å². The van der Waals surface area contributed by atoms with Crippen molar-refractivity contribution in [2.24, 2.45) is 5.92 Å². The molecule has 0 saturated carbocycles. The van der Waals surface area contributed by atoms with Gasteiger partial charge < -0.3 is 20.3 Å². The van der Waals surface area contributed by atoms with Crippen LogP contribution in [-0.4, -0.2) is 47.5 Å². The molecule has 0 aliphatic carbocycles. The van der Waals surface area contributed by atoms with E-state index in [9.17, 15) is 14.4 Å². The third-order valence-electron chi connectivity index (χ3n) is 6.88. The van der Waals surface area contributed by atoms with Gasteiger partial charge in [0.15, 0.2) is 0 Å². The Kier molecular flexibility index (Phi) is 15.2. The van der Waals surface area contributed by atoms with Crippen molar-refractivity contribution in [2.75, 3.05) is 13.1 Å². The van der Waals surface area contributed by atoms with Crippen LogP contribution in [0.2, 0.25) is 0 Å². The highest BCUT2D eigenvalue weighted by Crippen LogP contribution is 2.27. The van der Waals surface area contributed by atoms with Crippen LogP contribution in [-0.2, 0) is 14.3 Å². The summed E-state index contributed by atoms with van der Waals surface area (Å²) in [4.78, 5) is 42.4. The largest absolute Gasteiger partial charge is 0.444 e. The molecule has 222 valence electrons. The lowest BCUT2D eigenvalue weighted by Gasteiger charge is -2.36. The van der Waals surface area contributed by atoms with Crippen LogP contribution in [0.3, 0.4) is 0 Å². The molecule has 1 rings (SSSR count). The number of nitrogens with zero attached hydrogens (tertiary/aromatic N) is 1. The van der Waals surface area contributed by atoms with Gasteiger partial charge >= 0.3 is 6.09 Å². The molecular weight excluding hydrogens is 490 g/mol. The van der Waals surface area contributed by atoms with E-state index in [4.69, 9.17) is 4.74 Å². The summed E-state index contributed by atoms with van der Waals surface area (Å²) in [7, 11) is 0. The number of amides is 3. The molecular formula is C32H55N3O4. The Labute approximate surface area is 237 Å². The number of aryl methyl sites for hydroxylation is 2. The standard InChI is InChI=1S/C32H55N3O4/c1-10-12-14-15-17-21-35(30(37)27(23(3)4)34-31(38)39-32(7,8)9)28(29(36)33-20-16-13-11-2)26-19-18-24(5)25(6)22-26/h18-19,22-23,27-28H,10-17,20-21H2,1-9H3,(H,33,36)(H,34,38). The molecule has 7 heteroatoms. The molecule has 0 heterocycles. The maximum Gasteiger partial charge on any atom is 0.408 e. The topological polar surface area (TPSA) is 87.7 Å². The summed E-state index contributed by atoms with van der Waals surface area (Å²) in [6, 6.07) is 4.35. The predicted molar refractivity (Wildman–Crippen MR) is 160 cm³/mol. The number of ether oxygens (including phenoxy) is 1. The molecule has 1 aromatic rings. The maximum atomic E-state index is 14.2. The van der Waals surface area contributed by atoms with Gasteiger partial charge in [-0.2, -0.15) is 0 Å². The molecule has 0 radical (unpaired) electrons. The average molecular weight is 546 g/mol. The Bertz CT molecular complexity index is 907. The quantitative estimate of drug-likeness (QED) is 0.219. The number of alkyl carbamates (subject to hydrolysis) is 1. The Hall–Kier alpha value is -2.57. The minimum Gasteiger partial charge on any atom is -0.444 e. The smallest absolute Gasteiger partial charge is 0.408 e. The van der Waals surface area contributed by atoms with E-state index < -0.39 is 23.8 Å². The predicted octanol–water partition coefficient (Wildman–Crippen LogP) is 7.00. The molecule has 2 unspecified atom stereocenters. The molecule has 1 aromatic carbocycles. The first-order chi connectivity index (χ1) is 18.3. The zero-order chi connectivity index (χ0) is 29.6. The van der Waals surface area contributed by atoms with E-state index >= 15 is 0 Å². The lowest BCUT2D eigenvalue weighted by molar-refractivity contribution is -0.143. The third-order valence-corrected chi connectivity index (χ3v) is 6.88. The molecule has 0 fully saturated rings. The Morgan fingerprint density at radius 2 is 1.51 bits per heavy atom. The van der Waals surface area contributed by atoms with Crippen LogP contribution in [0.25, 0.3) is 0 Å². The van der Waals surface area contributed by atoms with Crippen LogP contribution in [0.15, 0.2) is 18.2 Å². The summed E-state index contributed by atoms with van der Waals surface area (Å²) < 4.78 is 5.47. The summed E-state index contributed by atoms with van der Waals surface area (Å²) >= 11 is 0. The van der Waals surface area contributed by atoms with Gasteiger partial charge in [-0.05, 0) is 70.1 Å². The van der Waals surface area contributed by atoms with Gasteiger partial charge in [-0.15, -0.1) is 0 Å². The molecule has 3 amide bonds. The second kappa shape index (κ2) is 17.2. The Morgan fingerprint density at radius 3 is 2.08 bits per heavy atom. The summed E-state index contributed by atoms with van der Waals surface area (Å²) in [6.45, 7) is 18.5. The third kappa shape index (κ3) is 12.4. The van der Waals surface area contributed by atoms with Gasteiger partial charge in [0.25, 0.3) is 0 Å². The molecule has 0 saturated heterocycles. The van der Waals surface area contributed by atoms with E-state index in [0.29, 0.717) is 13.1 Å². The zero-order valence-electron chi connectivity index (χ0n) is 26.1. The number of nitrogens with one attached hydrogen (secondary N) is 2.